The summed E-state index contributed by atoms with van der Waals surface area (Å²) in [5.41, 5.74) is 2.51. The summed E-state index contributed by atoms with van der Waals surface area (Å²) in [6.45, 7) is 4.25. The third kappa shape index (κ3) is 1.97. The van der Waals surface area contributed by atoms with Gasteiger partial charge in [-0.3, -0.25) is 0 Å². The highest BCUT2D eigenvalue weighted by molar-refractivity contribution is 5.88. The molecule has 0 radical (unpaired) electrons. The molecule has 8 nitrogen and oxygen atoms in total. The first kappa shape index (κ1) is 14.1. The van der Waals surface area contributed by atoms with Gasteiger partial charge in [0, 0.05) is 12.1 Å². The lowest BCUT2D eigenvalue weighted by atomic mass is 10.1. The topological polar surface area (TPSA) is 91.2 Å². The molecule has 0 aliphatic carbocycles. The van der Waals surface area contributed by atoms with E-state index in [1.165, 1.54) is 10.7 Å². The van der Waals surface area contributed by atoms with Crippen LogP contribution in [0.2, 0.25) is 0 Å². The number of aromatic nitrogens is 5. The van der Waals surface area contributed by atoms with Crippen molar-refractivity contribution in [1.29, 1.82) is 0 Å². The van der Waals surface area contributed by atoms with Crippen molar-refractivity contribution in [3.63, 3.8) is 0 Å². The summed E-state index contributed by atoms with van der Waals surface area (Å²) in [4.78, 5) is 24.3. The first-order valence-electron chi connectivity index (χ1n) is 7.23. The Morgan fingerprint density at radius 3 is 2.67 bits per heavy atom. The zero-order valence-electron chi connectivity index (χ0n) is 12.5. The molecular formula is C16H12N6O2. The summed E-state index contributed by atoms with van der Waals surface area (Å²) in [6, 6.07) is 9.05. The molecule has 0 aliphatic rings. The molecule has 118 valence electrons. The Kier molecular flexibility index (Phi) is 3.09. The van der Waals surface area contributed by atoms with Crippen LogP contribution in [0.4, 0.5) is 5.82 Å². The van der Waals surface area contributed by atoms with Crippen LogP contribution in [0.3, 0.4) is 0 Å². The van der Waals surface area contributed by atoms with Crippen LogP contribution in [0.25, 0.3) is 28.1 Å². The molecule has 0 saturated carbocycles. The van der Waals surface area contributed by atoms with Crippen molar-refractivity contribution in [2.24, 2.45) is 0 Å². The minimum absolute atomic E-state index is 0.121. The monoisotopic (exact) mass is 320 g/mol. The minimum Gasteiger partial charge on any atom is -0.358 e. The molecule has 0 fully saturated rings. The van der Waals surface area contributed by atoms with Crippen LogP contribution >= 0.6 is 0 Å². The zero-order valence-corrected chi connectivity index (χ0v) is 12.5. The van der Waals surface area contributed by atoms with Crippen LogP contribution in [0.15, 0.2) is 55.6 Å². The van der Waals surface area contributed by atoms with E-state index in [0.29, 0.717) is 34.6 Å². The van der Waals surface area contributed by atoms with Gasteiger partial charge in [-0.2, -0.15) is 14.4 Å². The SMILES string of the molecule is C=CCn1cnc2c1ncn1c([N+](=O)[O-])c(-c3ccccc3)nc21. The Morgan fingerprint density at radius 1 is 1.17 bits per heavy atom. The number of hydrogen-bond acceptors (Lipinski definition) is 5. The van der Waals surface area contributed by atoms with E-state index in [1.807, 2.05) is 22.8 Å². The largest absolute Gasteiger partial charge is 0.358 e. The standard InChI is InChI=1S/C16H12N6O2/c1-2-8-20-9-17-13-14(20)18-10-21-15(13)19-12(16(21)22(23)24)11-6-4-3-5-7-11/h2-7,9-10H,1,8H2. The molecule has 0 unspecified atom stereocenters. The van der Waals surface area contributed by atoms with E-state index in [1.54, 1.807) is 24.5 Å². The molecule has 8 heteroatoms. The van der Waals surface area contributed by atoms with Crippen LogP contribution in [0.5, 0.6) is 0 Å². The van der Waals surface area contributed by atoms with E-state index >= 15 is 0 Å². The van der Waals surface area contributed by atoms with Gasteiger partial charge in [-0.1, -0.05) is 36.4 Å². The lowest BCUT2D eigenvalue weighted by Crippen LogP contribution is -1.99. The van der Waals surface area contributed by atoms with Crippen LogP contribution in [0.1, 0.15) is 0 Å². The Bertz CT molecular complexity index is 1080. The van der Waals surface area contributed by atoms with Crippen molar-refractivity contribution in [3.05, 3.63) is 65.8 Å². The second-order valence-electron chi connectivity index (χ2n) is 5.20. The van der Waals surface area contributed by atoms with Crippen molar-refractivity contribution >= 4 is 22.6 Å². The maximum atomic E-state index is 11.6. The number of nitrogens with zero attached hydrogens (tertiary/aromatic N) is 6. The number of allylic oxidation sites excluding steroid dienone is 1. The molecule has 4 rings (SSSR count). The summed E-state index contributed by atoms with van der Waals surface area (Å²) in [5, 5.41) is 11.6. The van der Waals surface area contributed by atoms with Gasteiger partial charge in [0.2, 0.25) is 0 Å². The summed E-state index contributed by atoms with van der Waals surface area (Å²) < 4.78 is 3.18. The number of hydrogen-bond donors (Lipinski definition) is 0. The van der Waals surface area contributed by atoms with Crippen molar-refractivity contribution in [3.8, 4) is 11.3 Å². The number of imidazole rings is 2. The molecule has 0 bridgehead atoms. The molecule has 3 aromatic heterocycles. The predicted molar refractivity (Wildman–Crippen MR) is 88.6 cm³/mol. The quantitative estimate of drug-likeness (QED) is 0.327. The molecule has 0 spiro atoms. The molecule has 0 N–H and O–H groups in total. The van der Waals surface area contributed by atoms with E-state index < -0.39 is 4.92 Å². The number of benzene rings is 1. The highest BCUT2D eigenvalue weighted by Gasteiger charge is 2.26. The van der Waals surface area contributed by atoms with Gasteiger partial charge >= 0.3 is 5.82 Å². The van der Waals surface area contributed by atoms with Gasteiger partial charge < -0.3 is 14.7 Å². The van der Waals surface area contributed by atoms with E-state index in [9.17, 15) is 10.1 Å². The Morgan fingerprint density at radius 2 is 1.96 bits per heavy atom. The van der Waals surface area contributed by atoms with Crippen molar-refractivity contribution < 1.29 is 4.92 Å². The normalized spacial score (nSPS) is 11.2. The first-order valence-corrected chi connectivity index (χ1v) is 7.23. The van der Waals surface area contributed by atoms with Crippen molar-refractivity contribution in [2.75, 3.05) is 0 Å². The summed E-state index contributed by atoms with van der Waals surface area (Å²) >= 11 is 0. The molecule has 0 saturated heterocycles. The van der Waals surface area contributed by atoms with E-state index in [2.05, 4.69) is 21.5 Å². The average Bonchev–Trinajstić information content (AvgIpc) is 3.17. The smallest absolute Gasteiger partial charge is 0.357 e. The lowest BCUT2D eigenvalue weighted by Gasteiger charge is -1.98. The molecule has 1 aromatic carbocycles. The third-order valence-electron chi connectivity index (χ3n) is 3.75. The molecule has 3 heterocycles. The summed E-state index contributed by atoms with van der Waals surface area (Å²) in [7, 11) is 0. The molecule has 4 aromatic rings. The van der Waals surface area contributed by atoms with Crippen LogP contribution in [-0.2, 0) is 6.54 Å². The average molecular weight is 320 g/mol. The molecule has 24 heavy (non-hydrogen) atoms. The second kappa shape index (κ2) is 5.27. The Labute approximate surface area is 135 Å². The van der Waals surface area contributed by atoms with Gasteiger partial charge in [-0.25, -0.2) is 4.98 Å². The van der Waals surface area contributed by atoms with Gasteiger partial charge in [-0.15, -0.1) is 6.58 Å². The Hall–Kier alpha value is -3.55. The highest BCUT2D eigenvalue weighted by Crippen LogP contribution is 2.31. The molecule has 0 amide bonds. The van der Waals surface area contributed by atoms with E-state index in [-0.39, 0.29) is 5.82 Å². The third-order valence-corrected chi connectivity index (χ3v) is 3.75. The van der Waals surface area contributed by atoms with Gasteiger partial charge in [0.25, 0.3) is 5.65 Å². The minimum atomic E-state index is -0.448. The number of rotatable bonds is 4. The lowest BCUT2D eigenvalue weighted by molar-refractivity contribution is -0.389. The van der Waals surface area contributed by atoms with Crippen LogP contribution in [0, 0.1) is 10.1 Å². The van der Waals surface area contributed by atoms with Crippen LogP contribution in [-0.4, -0.2) is 28.8 Å². The van der Waals surface area contributed by atoms with Gasteiger partial charge in [0.1, 0.15) is 0 Å². The number of fused-ring (bicyclic) bond motifs is 3. The Balaban J connectivity index is 2.07. The first-order chi connectivity index (χ1) is 11.7. The van der Waals surface area contributed by atoms with Gasteiger partial charge in [-0.05, 0) is 4.92 Å². The fourth-order valence-corrected chi connectivity index (χ4v) is 2.72. The maximum Gasteiger partial charge on any atom is 0.357 e. The van der Waals surface area contributed by atoms with Crippen molar-refractivity contribution in [1.82, 2.24) is 23.9 Å². The fourth-order valence-electron chi connectivity index (χ4n) is 2.72. The molecule has 0 aliphatic heterocycles. The maximum absolute atomic E-state index is 11.6. The zero-order chi connectivity index (χ0) is 16.7. The summed E-state index contributed by atoms with van der Waals surface area (Å²) in [6.07, 6.45) is 4.77. The summed E-state index contributed by atoms with van der Waals surface area (Å²) in [5.74, 6) is -0.121. The van der Waals surface area contributed by atoms with Gasteiger partial charge in [0.15, 0.2) is 23.2 Å². The fraction of sp³-hybridized carbons (Fsp3) is 0.0625. The second-order valence-corrected chi connectivity index (χ2v) is 5.20. The van der Waals surface area contributed by atoms with E-state index in [0.717, 1.165) is 0 Å². The molecular weight excluding hydrogens is 308 g/mol. The van der Waals surface area contributed by atoms with Crippen molar-refractivity contribution in [2.45, 2.75) is 6.54 Å². The number of nitro groups is 1. The van der Waals surface area contributed by atoms with E-state index in [4.69, 9.17) is 0 Å². The van der Waals surface area contributed by atoms with Gasteiger partial charge in [0.05, 0.1) is 6.33 Å². The predicted octanol–water partition coefficient (Wildman–Crippen LogP) is 2.84. The van der Waals surface area contributed by atoms with Crippen LogP contribution < -0.4 is 0 Å². The highest BCUT2D eigenvalue weighted by atomic mass is 16.6. The molecule has 0 atom stereocenters.